The van der Waals surface area contributed by atoms with Gasteiger partial charge in [0.1, 0.15) is 5.49 Å². The van der Waals surface area contributed by atoms with E-state index in [1.54, 1.807) is 16.6 Å². The summed E-state index contributed by atoms with van der Waals surface area (Å²) in [5.74, 6) is 1.65. The summed E-state index contributed by atoms with van der Waals surface area (Å²) in [5, 5.41) is 7.71. The fourth-order valence-electron chi connectivity index (χ4n) is 1.76. The van der Waals surface area contributed by atoms with Gasteiger partial charge in [0.15, 0.2) is 0 Å². The number of nitrogens with zero attached hydrogens (tertiary/aromatic N) is 1. The molecule has 1 aromatic heterocycles. The molecule has 0 aromatic carbocycles. The molecular formula is C12H18BN2O2P. The Hall–Kier alpha value is -0.895. The molecule has 2 heterocycles. The van der Waals surface area contributed by atoms with Crippen molar-refractivity contribution in [3.63, 3.8) is 0 Å². The highest BCUT2D eigenvalue weighted by atomic mass is 31.0. The number of hydrogen-bond donors (Lipinski definition) is 1. The molecular weight excluding hydrogens is 246 g/mol. The van der Waals surface area contributed by atoms with Crippen molar-refractivity contribution in [1.29, 1.82) is 5.41 Å². The number of hydrogen-bond acceptors (Lipinski definition) is 3. The van der Waals surface area contributed by atoms with Gasteiger partial charge in [0, 0.05) is 12.1 Å². The molecule has 1 fully saturated rings. The van der Waals surface area contributed by atoms with Crippen LogP contribution in [0, 0.1) is 5.41 Å². The van der Waals surface area contributed by atoms with E-state index in [0.717, 1.165) is 5.46 Å². The van der Waals surface area contributed by atoms with Crippen LogP contribution in [0.5, 0.6) is 0 Å². The van der Waals surface area contributed by atoms with Gasteiger partial charge in [-0.3, -0.25) is 5.41 Å². The fraction of sp³-hybridized carbons (Fsp3) is 0.500. The predicted octanol–water partition coefficient (Wildman–Crippen LogP) is 1.02. The van der Waals surface area contributed by atoms with Gasteiger partial charge in [-0.15, -0.1) is 8.86 Å². The standard InChI is InChI=1S/C12H18BN2O2P/c1-11(2)12(3,4)17-13(16-11)9-5-6-10(14)15(7-9)8-18/h5-8,14,18H,1-4H3. The summed E-state index contributed by atoms with van der Waals surface area (Å²) in [6, 6.07) is 3.58. The number of aromatic nitrogens is 1. The third-order valence-electron chi connectivity index (χ3n) is 3.66. The van der Waals surface area contributed by atoms with E-state index in [9.17, 15) is 0 Å². The Morgan fingerprint density at radius 1 is 1.22 bits per heavy atom. The van der Waals surface area contributed by atoms with Crippen molar-refractivity contribution in [2.45, 2.75) is 38.9 Å². The molecule has 1 aromatic rings. The van der Waals surface area contributed by atoms with Gasteiger partial charge in [-0.25, -0.2) is 0 Å². The number of pyridine rings is 1. The zero-order valence-corrected chi connectivity index (χ0v) is 12.2. The molecule has 0 bridgehead atoms. The van der Waals surface area contributed by atoms with Crippen LogP contribution in [0.1, 0.15) is 27.7 Å². The molecule has 1 N–H and O–H groups in total. The van der Waals surface area contributed by atoms with Crippen LogP contribution in [-0.2, 0) is 9.31 Å². The fourth-order valence-corrected chi connectivity index (χ4v) is 1.97. The topological polar surface area (TPSA) is 47.2 Å². The lowest BCUT2D eigenvalue weighted by Gasteiger charge is -2.32. The Morgan fingerprint density at radius 2 is 1.78 bits per heavy atom. The smallest absolute Gasteiger partial charge is 0.399 e. The lowest BCUT2D eigenvalue weighted by molar-refractivity contribution is 0.00578. The minimum atomic E-state index is -0.395. The highest BCUT2D eigenvalue weighted by Crippen LogP contribution is 2.36. The zero-order valence-electron chi connectivity index (χ0n) is 11.2. The maximum Gasteiger partial charge on any atom is 0.496 e. The number of rotatable bonds is 2. The van der Waals surface area contributed by atoms with Crippen molar-refractivity contribution in [3.8, 4) is 0 Å². The molecule has 0 radical (unpaired) electrons. The molecule has 1 aliphatic rings. The van der Waals surface area contributed by atoms with Crippen molar-refractivity contribution in [2.75, 3.05) is 0 Å². The molecule has 0 saturated carbocycles. The van der Waals surface area contributed by atoms with Gasteiger partial charge < -0.3 is 13.9 Å². The molecule has 0 atom stereocenters. The maximum atomic E-state index is 7.71. The van der Waals surface area contributed by atoms with Gasteiger partial charge in [0.05, 0.1) is 11.2 Å². The van der Waals surface area contributed by atoms with Crippen molar-refractivity contribution >= 4 is 27.4 Å². The molecule has 96 valence electrons. The second-order valence-corrected chi connectivity index (χ2v) is 5.73. The third kappa shape index (κ3) is 2.18. The van der Waals surface area contributed by atoms with Crippen LogP contribution in [0.2, 0.25) is 0 Å². The first-order valence-electron chi connectivity index (χ1n) is 5.90. The molecule has 2 rings (SSSR count). The molecule has 4 nitrogen and oxygen atoms in total. The van der Waals surface area contributed by atoms with E-state index in [1.807, 2.05) is 40.0 Å². The first-order chi connectivity index (χ1) is 8.27. The van der Waals surface area contributed by atoms with Gasteiger partial charge >= 0.3 is 7.12 Å². The van der Waals surface area contributed by atoms with Crippen LogP contribution in [0.3, 0.4) is 0 Å². The normalized spacial score (nSPS) is 21.0. The van der Waals surface area contributed by atoms with Gasteiger partial charge in [0.25, 0.3) is 0 Å². The lowest BCUT2D eigenvalue weighted by Crippen LogP contribution is -2.41. The van der Waals surface area contributed by atoms with E-state index in [1.165, 1.54) is 0 Å². The van der Waals surface area contributed by atoms with Gasteiger partial charge in [0.2, 0.25) is 0 Å². The summed E-state index contributed by atoms with van der Waals surface area (Å²) >= 11 is 0. The van der Waals surface area contributed by atoms with Crippen molar-refractivity contribution in [2.24, 2.45) is 0 Å². The average molecular weight is 264 g/mol. The van der Waals surface area contributed by atoms with Crippen molar-refractivity contribution in [1.82, 2.24) is 4.57 Å². The molecule has 1 saturated heterocycles. The average Bonchev–Trinajstić information content (AvgIpc) is 2.49. The second kappa shape index (κ2) is 4.34. The molecule has 18 heavy (non-hydrogen) atoms. The summed E-state index contributed by atoms with van der Waals surface area (Å²) in [6.07, 6.45) is 1.83. The first-order valence-corrected chi connectivity index (χ1v) is 6.47. The SMILES string of the molecule is CC1(C)OB(c2ccc(=N)n(C=P)c2)OC1(C)C. The van der Waals surface area contributed by atoms with Crippen LogP contribution in [0.25, 0.3) is 0 Å². The largest absolute Gasteiger partial charge is 0.496 e. The summed E-state index contributed by atoms with van der Waals surface area (Å²) < 4.78 is 13.6. The summed E-state index contributed by atoms with van der Waals surface area (Å²) in [7, 11) is 2.89. The van der Waals surface area contributed by atoms with Crippen molar-refractivity contribution in [3.05, 3.63) is 23.8 Å². The maximum absolute atomic E-state index is 7.71. The Labute approximate surface area is 110 Å². The minimum Gasteiger partial charge on any atom is -0.399 e. The third-order valence-corrected chi connectivity index (χ3v) is 3.94. The first kappa shape index (κ1) is 13.5. The second-order valence-electron chi connectivity index (χ2n) is 5.47. The Kier molecular flexibility index (Phi) is 3.26. The molecule has 6 heteroatoms. The summed E-state index contributed by atoms with van der Waals surface area (Å²) in [4.78, 5) is 0. The number of nitrogens with one attached hydrogen (secondary N) is 1. The highest BCUT2D eigenvalue weighted by molar-refractivity contribution is 7.18. The summed E-state index contributed by atoms with van der Waals surface area (Å²) in [5.41, 5.74) is 0.601. The zero-order chi connectivity index (χ0) is 13.6. The Balaban J connectivity index is 2.35. The van der Waals surface area contributed by atoms with Gasteiger partial charge in [-0.05, 0) is 39.2 Å². The van der Waals surface area contributed by atoms with E-state index < -0.39 is 7.12 Å². The minimum absolute atomic E-state index is 0.347. The monoisotopic (exact) mass is 264 g/mol. The lowest BCUT2D eigenvalue weighted by atomic mass is 9.80. The quantitative estimate of drug-likeness (QED) is 0.640. The summed E-state index contributed by atoms with van der Waals surface area (Å²) in [6.45, 7) is 8.10. The molecule has 0 aliphatic carbocycles. The Bertz CT molecular complexity index is 523. The highest BCUT2D eigenvalue weighted by Gasteiger charge is 2.51. The molecule has 0 amide bonds. The van der Waals surface area contributed by atoms with Crippen molar-refractivity contribution < 1.29 is 9.31 Å². The van der Waals surface area contributed by atoms with Gasteiger partial charge in [-0.1, -0.05) is 6.07 Å². The van der Waals surface area contributed by atoms with Crippen LogP contribution >= 0.6 is 8.86 Å². The molecule has 0 spiro atoms. The molecule has 0 unspecified atom stereocenters. The van der Waals surface area contributed by atoms with Crippen LogP contribution < -0.4 is 11.0 Å². The van der Waals surface area contributed by atoms with E-state index in [-0.39, 0.29) is 11.2 Å². The predicted molar refractivity (Wildman–Crippen MR) is 75.8 cm³/mol. The van der Waals surface area contributed by atoms with Crippen LogP contribution in [0.4, 0.5) is 0 Å². The molecule has 1 aliphatic heterocycles. The van der Waals surface area contributed by atoms with Gasteiger partial charge in [-0.2, -0.15) is 0 Å². The van der Waals surface area contributed by atoms with Crippen LogP contribution in [-0.4, -0.2) is 28.8 Å². The van der Waals surface area contributed by atoms with E-state index in [2.05, 4.69) is 8.86 Å². The van der Waals surface area contributed by atoms with E-state index >= 15 is 0 Å². The van der Waals surface area contributed by atoms with E-state index in [4.69, 9.17) is 14.7 Å². The Morgan fingerprint density at radius 3 is 2.28 bits per heavy atom. The van der Waals surface area contributed by atoms with E-state index in [0.29, 0.717) is 5.49 Å². The van der Waals surface area contributed by atoms with Crippen LogP contribution in [0.15, 0.2) is 18.3 Å².